The van der Waals surface area contributed by atoms with Crippen molar-refractivity contribution in [2.45, 2.75) is 88.9 Å². The summed E-state index contributed by atoms with van der Waals surface area (Å²) in [7, 11) is 0. The molecule has 1 aliphatic carbocycles. The van der Waals surface area contributed by atoms with Gasteiger partial charge in [-0.05, 0) is 68.4 Å². The van der Waals surface area contributed by atoms with E-state index in [0.717, 1.165) is 18.4 Å². The summed E-state index contributed by atoms with van der Waals surface area (Å²) in [6, 6.07) is 10.9. The Balaban J connectivity index is 1.50. The number of hydrogen-bond acceptors (Lipinski definition) is 3. The van der Waals surface area contributed by atoms with E-state index in [-0.39, 0.29) is 41.3 Å². The van der Waals surface area contributed by atoms with Crippen molar-refractivity contribution in [2.75, 3.05) is 13.1 Å². The fraction of sp³-hybridized carbons (Fsp3) is 0.548. The van der Waals surface area contributed by atoms with Crippen molar-refractivity contribution in [1.29, 1.82) is 0 Å². The molecule has 0 aromatic heterocycles. The zero-order valence-corrected chi connectivity index (χ0v) is 23.6. The SMILES string of the molecule is CCC(=O)N[C@H]1CC[C@@H](C(=O)N2CC[C@H](O[C@H](C)c3cc(C(F)(F)F)cc(C(F)(F)F)c3)[C@H](c3ccccc3)C2)CC1. The zero-order chi connectivity index (χ0) is 30.7. The number of amides is 2. The van der Waals surface area contributed by atoms with E-state index >= 15 is 0 Å². The molecule has 2 aliphatic rings. The van der Waals surface area contributed by atoms with Gasteiger partial charge in [0.05, 0.1) is 23.3 Å². The molecular weight excluding hydrogens is 562 g/mol. The van der Waals surface area contributed by atoms with Crippen LogP contribution in [0.3, 0.4) is 0 Å². The van der Waals surface area contributed by atoms with E-state index in [1.165, 1.54) is 6.92 Å². The van der Waals surface area contributed by atoms with Crippen LogP contribution in [0, 0.1) is 5.92 Å². The maximum Gasteiger partial charge on any atom is 0.416 e. The third kappa shape index (κ3) is 7.85. The van der Waals surface area contributed by atoms with Crippen LogP contribution >= 0.6 is 0 Å². The van der Waals surface area contributed by atoms with Gasteiger partial charge in [-0.15, -0.1) is 0 Å². The van der Waals surface area contributed by atoms with Crippen LogP contribution in [0.15, 0.2) is 48.5 Å². The van der Waals surface area contributed by atoms with Crippen molar-refractivity contribution in [2.24, 2.45) is 5.92 Å². The molecule has 1 heterocycles. The highest BCUT2D eigenvalue weighted by Gasteiger charge is 2.40. The number of alkyl halides is 6. The first-order chi connectivity index (χ1) is 19.8. The number of nitrogens with zero attached hydrogens (tertiary/aromatic N) is 1. The lowest BCUT2D eigenvalue weighted by atomic mass is 9.83. The average molecular weight is 599 g/mol. The van der Waals surface area contributed by atoms with E-state index in [4.69, 9.17) is 4.74 Å². The first-order valence-corrected chi connectivity index (χ1v) is 14.3. The molecule has 230 valence electrons. The number of rotatable bonds is 7. The van der Waals surface area contributed by atoms with E-state index in [9.17, 15) is 35.9 Å². The van der Waals surface area contributed by atoms with Crippen LogP contribution in [0.5, 0.6) is 0 Å². The molecule has 0 unspecified atom stereocenters. The molecular formula is C31H36F6N2O3. The number of carbonyl (C=O) groups excluding carboxylic acids is 2. The van der Waals surface area contributed by atoms with Crippen LogP contribution in [-0.2, 0) is 26.7 Å². The summed E-state index contributed by atoms with van der Waals surface area (Å²) in [5, 5.41) is 2.99. The van der Waals surface area contributed by atoms with Crippen LogP contribution in [0.25, 0.3) is 0 Å². The molecule has 0 bridgehead atoms. The number of carbonyl (C=O) groups is 2. The van der Waals surface area contributed by atoms with Gasteiger partial charge < -0.3 is 15.0 Å². The van der Waals surface area contributed by atoms with Crippen LogP contribution in [0.2, 0.25) is 0 Å². The van der Waals surface area contributed by atoms with Crippen molar-refractivity contribution in [1.82, 2.24) is 10.2 Å². The predicted octanol–water partition coefficient (Wildman–Crippen LogP) is 7.27. The maximum atomic E-state index is 13.5. The lowest BCUT2D eigenvalue weighted by Gasteiger charge is -2.42. The van der Waals surface area contributed by atoms with Crippen LogP contribution in [-0.4, -0.2) is 41.9 Å². The van der Waals surface area contributed by atoms with Gasteiger partial charge in [-0.25, -0.2) is 0 Å². The Hall–Kier alpha value is -3.08. The fourth-order valence-corrected chi connectivity index (χ4v) is 5.94. The molecule has 5 nitrogen and oxygen atoms in total. The summed E-state index contributed by atoms with van der Waals surface area (Å²) < 4.78 is 86.9. The second kappa shape index (κ2) is 13.1. The van der Waals surface area contributed by atoms with E-state index in [2.05, 4.69) is 5.32 Å². The highest BCUT2D eigenvalue weighted by molar-refractivity contribution is 5.79. The topological polar surface area (TPSA) is 58.6 Å². The summed E-state index contributed by atoms with van der Waals surface area (Å²) >= 11 is 0. The summed E-state index contributed by atoms with van der Waals surface area (Å²) in [6.07, 6.45) is -7.94. The number of nitrogens with one attached hydrogen (secondary N) is 1. The van der Waals surface area contributed by atoms with Gasteiger partial charge in [-0.1, -0.05) is 37.3 Å². The molecule has 0 spiro atoms. The quantitative estimate of drug-likeness (QED) is 0.341. The molecule has 0 radical (unpaired) electrons. The number of ether oxygens (including phenoxy) is 1. The average Bonchev–Trinajstić information content (AvgIpc) is 2.96. The highest BCUT2D eigenvalue weighted by atomic mass is 19.4. The van der Waals surface area contributed by atoms with E-state index < -0.39 is 35.7 Å². The normalized spacial score (nSPS) is 24.2. The number of benzene rings is 2. The summed E-state index contributed by atoms with van der Waals surface area (Å²) in [6.45, 7) is 3.93. The lowest BCUT2D eigenvalue weighted by Crippen LogP contribution is -2.49. The Bertz CT molecular complexity index is 1190. The molecule has 1 saturated heterocycles. The van der Waals surface area contributed by atoms with Gasteiger partial charge >= 0.3 is 12.4 Å². The standard InChI is InChI=1S/C31H36F6N2O3/c1-3-28(40)38-25-11-9-21(10-12-25)29(41)39-14-13-27(26(18-39)20-7-5-4-6-8-20)42-19(2)22-15-23(30(32,33)34)17-24(16-22)31(35,36)37/h4-8,15-17,19,21,25-27H,3,9-14,18H2,1-2H3,(H,38,40)/t19-,21-,25+,26+,27+/m1/s1. The molecule has 2 aromatic carbocycles. The zero-order valence-electron chi connectivity index (χ0n) is 23.6. The van der Waals surface area contributed by atoms with Crippen molar-refractivity contribution < 1.29 is 40.7 Å². The monoisotopic (exact) mass is 598 g/mol. The lowest BCUT2D eigenvalue weighted by molar-refractivity contribution is -0.143. The van der Waals surface area contributed by atoms with Gasteiger partial charge in [-0.3, -0.25) is 9.59 Å². The largest absolute Gasteiger partial charge is 0.416 e. The van der Waals surface area contributed by atoms with E-state index in [0.29, 0.717) is 50.9 Å². The molecule has 2 amide bonds. The number of piperidine rings is 1. The number of hydrogen-bond donors (Lipinski definition) is 1. The summed E-state index contributed by atoms with van der Waals surface area (Å²) in [4.78, 5) is 27.0. The second-order valence-electron chi connectivity index (χ2n) is 11.2. The van der Waals surface area contributed by atoms with Gasteiger partial charge in [0.1, 0.15) is 0 Å². The minimum absolute atomic E-state index is 0.00783. The molecule has 1 aliphatic heterocycles. The van der Waals surface area contributed by atoms with Crippen LogP contribution in [0.4, 0.5) is 26.3 Å². The highest BCUT2D eigenvalue weighted by Crippen LogP contribution is 2.40. The molecule has 2 fully saturated rings. The Kier molecular flexibility index (Phi) is 9.90. The van der Waals surface area contributed by atoms with Gasteiger partial charge in [0.2, 0.25) is 11.8 Å². The smallest absolute Gasteiger partial charge is 0.370 e. The summed E-state index contributed by atoms with van der Waals surface area (Å²) in [5.41, 5.74) is -2.11. The molecule has 42 heavy (non-hydrogen) atoms. The Morgan fingerprint density at radius 3 is 2.07 bits per heavy atom. The second-order valence-corrected chi connectivity index (χ2v) is 11.2. The molecule has 2 aromatic rings. The van der Waals surface area contributed by atoms with Crippen molar-refractivity contribution in [3.8, 4) is 0 Å². The molecule has 1 saturated carbocycles. The minimum Gasteiger partial charge on any atom is -0.370 e. The minimum atomic E-state index is -4.95. The first kappa shape index (κ1) is 31.8. The van der Waals surface area contributed by atoms with Crippen molar-refractivity contribution >= 4 is 11.8 Å². The van der Waals surface area contributed by atoms with E-state index in [1.807, 2.05) is 30.3 Å². The summed E-state index contributed by atoms with van der Waals surface area (Å²) in [5.74, 6) is -0.472. The predicted molar refractivity (Wildman–Crippen MR) is 144 cm³/mol. The number of likely N-dealkylation sites (tertiary alicyclic amines) is 1. The molecule has 1 N–H and O–H groups in total. The molecule has 3 atom stereocenters. The Morgan fingerprint density at radius 2 is 1.52 bits per heavy atom. The van der Waals surface area contributed by atoms with Crippen LogP contribution < -0.4 is 5.32 Å². The third-order valence-corrected chi connectivity index (χ3v) is 8.31. The van der Waals surface area contributed by atoms with Gasteiger partial charge in [-0.2, -0.15) is 26.3 Å². The van der Waals surface area contributed by atoms with Gasteiger partial charge in [0.15, 0.2) is 0 Å². The van der Waals surface area contributed by atoms with Crippen molar-refractivity contribution in [3.05, 3.63) is 70.8 Å². The van der Waals surface area contributed by atoms with E-state index in [1.54, 1.807) is 11.8 Å². The van der Waals surface area contributed by atoms with Crippen LogP contribution in [0.1, 0.15) is 86.6 Å². The maximum absolute atomic E-state index is 13.5. The first-order valence-electron chi connectivity index (χ1n) is 14.3. The Morgan fingerprint density at radius 1 is 0.929 bits per heavy atom. The third-order valence-electron chi connectivity index (χ3n) is 8.31. The fourth-order valence-electron chi connectivity index (χ4n) is 5.94. The molecule has 4 rings (SSSR count). The number of halogens is 6. The van der Waals surface area contributed by atoms with Gasteiger partial charge in [0.25, 0.3) is 0 Å². The molecule has 11 heteroatoms. The van der Waals surface area contributed by atoms with Crippen molar-refractivity contribution in [3.63, 3.8) is 0 Å². The Labute approximate surface area is 241 Å². The van der Waals surface area contributed by atoms with Gasteiger partial charge in [0, 0.05) is 37.4 Å².